The molecule has 0 spiro atoms. The van der Waals surface area contributed by atoms with Gasteiger partial charge in [-0.25, -0.2) is 13.2 Å². The van der Waals surface area contributed by atoms with Gasteiger partial charge in [0.2, 0.25) is 0 Å². The second kappa shape index (κ2) is 4.59. The summed E-state index contributed by atoms with van der Waals surface area (Å²) in [6.45, 7) is 0. The molecule has 6 heteroatoms. The Labute approximate surface area is 109 Å². The molecule has 2 rings (SSSR count). The van der Waals surface area contributed by atoms with E-state index >= 15 is 0 Å². The van der Waals surface area contributed by atoms with Crippen LogP contribution in [0.4, 0.5) is 0 Å². The van der Waals surface area contributed by atoms with Crippen LogP contribution in [0.2, 0.25) is 0 Å². The third-order valence-electron chi connectivity index (χ3n) is 2.51. The molecular weight excluding hydrogens is 276 g/mol. The Hall–Kier alpha value is -1.59. The first-order valence-corrected chi connectivity index (χ1v) is 7.29. The summed E-state index contributed by atoms with van der Waals surface area (Å²) in [4.78, 5) is 11.4. The Bertz CT molecular complexity index is 722. The van der Waals surface area contributed by atoms with Crippen LogP contribution in [0.15, 0.2) is 41.3 Å². The van der Waals surface area contributed by atoms with Gasteiger partial charge in [-0.1, -0.05) is 12.1 Å². The molecule has 0 aliphatic heterocycles. The predicted octanol–water partition coefficient (Wildman–Crippen LogP) is 2.55. The van der Waals surface area contributed by atoms with Crippen molar-refractivity contribution in [3.63, 3.8) is 0 Å². The van der Waals surface area contributed by atoms with Crippen molar-refractivity contribution in [1.29, 1.82) is 0 Å². The van der Waals surface area contributed by atoms with Gasteiger partial charge in [0.25, 0.3) is 9.05 Å². The van der Waals surface area contributed by atoms with Gasteiger partial charge >= 0.3 is 5.97 Å². The van der Waals surface area contributed by atoms with Crippen LogP contribution in [0.5, 0.6) is 0 Å². The molecule has 0 saturated carbocycles. The summed E-state index contributed by atoms with van der Waals surface area (Å²) in [6.07, 6.45) is 0. The molecule has 0 atom stereocenters. The lowest BCUT2D eigenvalue weighted by molar-refractivity contribution is 0.0601. The highest BCUT2D eigenvalue weighted by molar-refractivity contribution is 8.13. The van der Waals surface area contributed by atoms with Gasteiger partial charge in [-0.05, 0) is 35.0 Å². The average molecular weight is 285 g/mol. The van der Waals surface area contributed by atoms with Gasteiger partial charge in [-0.3, -0.25) is 0 Å². The van der Waals surface area contributed by atoms with E-state index in [4.69, 9.17) is 10.7 Å². The van der Waals surface area contributed by atoms with Gasteiger partial charge < -0.3 is 4.74 Å². The second-order valence-corrected chi connectivity index (χ2v) is 6.22. The fourth-order valence-electron chi connectivity index (χ4n) is 1.62. The van der Waals surface area contributed by atoms with Crippen LogP contribution in [0.1, 0.15) is 10.4 Å². The predicted molar refractivity (Wildman–Crippen MR) is 68.3 cm³/mol. The molecular formula is C12H9ClO4S. The number of halogens is 1. The number of hydrogen-bond acceptors (Lipinski definition) is 4. The summed E-state index contributed by atoms with van der Waals surface area (Å²) in [5, 5.41) is 1.42. The lowest BCUT2D eigenvalue weighted by Crippen LogP contribution is -2.00. The average Bonchev–Trinajstić information content (AvgIpc) is 2.35. The number of carbonyl (C=O) groups excluding carboxylic acids is 1. The Morgan fingerprint density at radius 2 is 1.78 bits per heavy atom. The van der Waals surface area contributed by atoms with Crippen LogP contribution in [-0.2, 0) is 13.8 Å². The number of esters is 1. The number of rotatable bonds is 2. The topological polar surface area (TPSA) is 60.4 Å². The number of methoxy groups -OCH3 is 1. The minimum Gasteiger partial charge on any atom is -0.465 e. The highest BCUT2D eigenvalue weighted by Crippen LogP contribution is 2.23. The second-order valence-electron chi connectivity index (χ2n) is 3.65. The van der Waals surface area contributed by atoms with E-state index in [1.807, 2.05) is 0 Å². The summed E-state index contributed by atoms with van der Waals surface area (Å²) < 4.78 is 27.1. The summed E-state index contributed by atoms with van der Waals surface area (Å²) >= 11 is 0. The quantitative estimate of drug-likeness (QED) is 0.628. The van der Waals surface area contributed by atoms with E-state index in [0.29, 0.717) is 10.9 Å². The fourth-order valence-corrected chi connectivity index (χ4v) is 2.41. The Balaban J connectivity index is 2.64. The molecule has 18 heavy (non-hydrogen) atoms. The Kier molecular flexibility index (Phi) is 3.28. The van der Waals surface area contributed by atoms with Gasteiger partial charge in [0, 0.05) is 10.7 Å². The van der Waals surface area contributed by atoms with E-state index in [2.05, 4.69) is 4.74 Å². The minimum atomic E-state index is -3.78. The first-order chi connectivity index (χ1) is 8.41. The van der Waals surface area contributed by atoms with Gasteiger partial charge in [-0.15, -0.1) is 0 Å². The summed E-state index contributed by atoms with van der Waals surface area (Å²) in [5.74, 6) is -0.476. The summed E-state index contributed by atoms with van der Waals surface area (Å²) in [5.41, 5.74) is 0.356. The molecule has 0 bridgehead atoms. The summed E-state index contributed by atoms with van der Waals surface area (Å²) in [6, 6.07) is 9.36. The van der Waals surface area contributed by atoms with Crippen molar-refractivity contribution in [2.45, 2.75) is 4.90 Å². The van der Waals surface area contributed by atoms with Crippen molar-refractivity contribution in [2.75, 3.05) is 7.11 Å². The SMILES string of the molecule is COC(=O)c1ccc2ccc(S(=O)(=O)Cl)cc2c1. The molecule has 4 nitrogen and oxygen atoms in total. The minimum absolute atomic E-state index is 0.00122. The molecule has 94 valence electrons. The maximum absolute atomic E-state index is 11.4. The number of fused-ring (bicyclic) bond motifs is 1. The van der Waals surface area contributed by atoms with E-state index in [1.165, 1.54) is 19.2 Å². The highest BCUT2D eigenvalue weighted by Gasteiger charge is 2.11. The molecule has 0 aromatic heterocycles. The monoisotopic (exact) mass is 284 g/mol. The van der Waals surface area contributed by atoms with Gasteiger partial charge in [0.05, 0.1) is 17.6 Å². The molecule has 0 N–H and O–H groups in total. The lowest BCUT2D eigenvalue weighted by Gasteiger charge is -2.03. The first-order valence-electron chi connectivity index (χ1n) is 4.98. The van der Waals surface area contributed by atoms with Crippen molar-refractivity contribution in [3.05, 3.63) is 42.0 Å². The van der Waals surface area contributed by atoms with Crippen LogP contribution in [0.3, 0.4) is 0 Å². The van der Waals surface area contributed by atoms with E-state index in [0.717, 1.165) is 5.39 Å². The molecule has 0 aliphatic carbocycles. The van der Waals surface area contributed by atoms with Crippen LogP contribution in [0.25, 0.3) is 10.8 Å². The number of carbonyl (C=O) groups is 1. The van der Waals surface area contributed by atoms with Gasteiger partial charge in [0.1, 0.15) is 0 Å². The molecule has 0 fully saturated rings. The van der Waals surface area contributed by atoms with Crippen molar-refractivity contribution in [3.8, 4) is 0 Å². The molecule has 0 unspecified atom stereocenters. The smallest absolute Gasteiger partial charge is 0.337 e. The van der Waals surface area contributed by atoms with Crippen molar-refractivity contribution >= 4 is 36.5 Å². The van der Waals surface area contributed by atoms with E-state index in [1.54, 1.807) is 24.3 Å². The number of ether oxygens (including phenoxy) is 1. The number of hydrogen-bond donors (Lipinski definition) is 0. The van der Waals surface area contributed by atoms with E-state index in [9.17, 15) is 13.2 Å². The highest BCUT2D eigenvalue weighted by atomic mass is 35.7. The zero-order valence-electron chi connectivity index (χ0n) is 9.38. The zero-order valence-corrected chi connectivity index (χ0v) is 11.0. The summed E-state index contributed by atoms with van der Waals surface area (Å²) in [7, 11) is 2.78. The van der Waals surface area contributed by atoms with Crippen molar-refractivity contribution in [1.82, 2.24) is 0 Å². The van der Waals surface area contributed by atoms with E-state index < -0.39 is 15.0 Å². The third-order valence-corrected chi connectivity index (χ3v) is 3.87. The molecule has 2 aromatic carbocycles. The lowest BCUT2D eigenvalue weighted by atomic mass is 10.1. The zero-order chi connectivity index (χ0) is 13.3. The Morgan fingerprint density at radius 3 is 2.39 bits per heavy atom. The molecule has 0 saturated heterocycles. The number of benzene rings is 2. The van der Waals surface area contributed by atoms with E-state index in [-0.39, 0.29) is 4.90 Å². The van der Waals surface area contributed by atoms with Crippen molar-refractivity contribution in [2.24, 2.45) is 0 Å². The molecule has 0 heterocycles. The molecule has 2 aromatic rings. The van der Waals surface area contributed by atoms with Crippen LogP contribution < -0.4 is 0 Å². The molecule has 0 aliphatic rings. The van der Waals surface area contributed by atoms with Crippen LogP contribution in [-0.4, -0.2) is 21.5 Å². The standard InChI is InChI=1S/C12H9ClO4S/c1-17-12(14)9-3-2-8-4-5-11(18(13,15)16)7-10(8)6-9/h2-7H,1H3. The van der Waals surface area contributed by atoms with Crippen LogP contribution in [0, 0.1) is 0 Å². The maximum atomic E-state index is 11.4. The molecule has 0 amide bonds. The normalized spacial score (nSPS) is 11.4. The van der Waals surface area contributed by atoms with Crippen LogP contribution >= 0.6 is 10.7 Å². The third kappa shape index (κ3) is 2.47. The first kappa shape index (κ1) is 12.9. The largest absolute Gasteiger partial charge is 0.465 e. The van der Waals surface area contributed by atoms with Gasteiger partial charge in [-0.2, -0.15) is 0 Å². The van der Waals surface area contributed by atoms with Crippen molar-refractivity contribution < 1.29 is 17.9 Å². The van der Waals surface area contributed by atoms with Gasteiger partial charge in [0.15, 0.2) is 0 Å². The maximum Gasteiger partial charge on any atom is 0.337 e. The fraction of sp³-hybridized carbons (Fsp3) is 0.0833. The molecule has 0 radical (unpaired) electrons. The Morgan fingerprint density at radius 1 is 1.11 bits per heavy atom.